The quantitative estimate of drug-likeness (QED) is 0.808. The zero-order valence-electron chi connectivity index (χ0n) is 11.4. The van der Waals surface area contributed by atoms with E-state index in [1.165, 1.54) is 6.07 Å². The van der Waals surface area contributed by atoms with Crippen molar-refractivity contribution in [2.75, 3.05) is 7.05 Å². The fourth-order valence-corrected chi connectivity index (χ4v) is 2.63. The van der Waals surface area contributed by atoms with Crippen LogP contribution < -0.4 is 5.32 Å². The summed E-state index contributed by atoms with van der Waals surface area (Å²) in [6.07, 6.45) is 0.594. The van der Waals surface area contributed by atoms with E-state index in [1.807, 2.05) is 44.3 Å². The van der Waals surface area contributed by atoms with E-state index in [0.29, 0.717) is 12.0 Å². The van der Waals surface area contributed by atoms with Crippen LogP contribution >= 0.6 is 27.5 Å². The van der Waals surface area contributed by atoms with Crippen molar-refractivity contribution >= 4 is 27.5 Å². The van der Waals surface area contributed by atoms with Gasteiger partial charge in [0.1, 0.15) is 5.82 Å². The van der Waals surface area contributed by atoms with Crippen LogP contribution in [0.25, 0.3) is 0 Å². The molecule has 2 rings (SSSR count). The van der Waals surface area contributed by atoms with Crippen LogP contribution in [0.1, 0.15) is 22.7 Å². The van der Waals surface area contributed by atoms with Crippen LogP contribution in [0.3, 0.4) is 0 Å². The molecule has 0 radical (unpaired) electrons. The molecule has 0 bridgehead atoms. The first-order chi connectivity index (χ1) is 9.51. The van der Waals surface area contributed by atoms with Gasteiger partial charge in [-0.3, -0.25) is 0 Å². The van der Waals surface area contributed by atoms with Crippen LogP contribution in [0.15, 0.2) is 40.9 Å². The summed E-state index contributed by atoms with van der Waals surface area (Å²) >= 11 is 9.32. The Kier molecular flexibility index (Phi) is 5.19. The molecule has 2 aromatic carbocycles. The van der Waals surface area contributed by atoms with Crippen molar-refractivity contribution in [3.05, 3.63) is 68.4 Å². The minimum Gasteiger partial charge on any atom is -0.313 e. The lowest BCUT2D eigenvalue weighted by atomic mass is 9.97. The molecule has 1 nitrogen and oxygen atoms in total. The molecule has 0 saturated carbocycles. The molecule has 4 heteroatoms. The molecule has 1 atom stereocenters. The van der Waals surface area contributed by atoms with E-state index >= 15 is 0 Å². The molecule has 2 aromatic rings. The molecule has 1 unspecified atom stereocenters. The van der Waals surface area contributed by atoms with Crippen LogP contribution in [0.4, 0.5) is 4.39 Å². The van der Waals surface area contributed by atoms with E-state index in [9.17, 15) is 4.39 Å². The number of rotatable bonds is 4. The Labute approximate surface area is 132 Å². The van der Waals surface area contributed by atoms with E-state index in [4.69, 9.17) is 11.6 Å². The van der Waals surface area contributed by atoms with Gasteiger partial charge in [0.2, 0.25) is 0 Å². The molecule has 0 fully saturated rings. The number of nitrogens with one attached hydrogen (secondary N) is 1. The molecular weight excluding hydrogens is 341 g/mol. The number of halogens is 3. The van der Waals surface area contributed by atoms with Crippen LogP contribution in [0, 0.1) is 12.7 Å². The Balaban J connectivity index is 2.26. The van der Waals surface area contributed by atoms with Gasteiger partial charge in [-0.05, 0) is 55.3 Å². The maximum atomic E-state index is 13.9. The first-order valence-corrected chi connectivity index (χ1v) is 7.55. The zero-order valence-corrected chi connectivity index (χ0v) is 13.7. The second kappa shape index (κ2) is 6.70. The summed E-state index contributed by atoms with van der Waals surface area (Å²) in [6, 6.07) is 11.1. The molecule has 0 saturated heterocycles. The lowest BCUT2D eigenvalue weighted by Crippen LogP contribution is -2.19. The first kappa shape index (κ1) is 15.5. The van der Waals surface area contributed by atoms with E-state index in [-0.39, 0.29) is 11.9 Å². The number of likely N-dealkylation sites (N-methyl/N-ethyl adjacent to an activating group) is 1. The molecule has 106 valence electrons. The predicted octanol–water partition coefficient (Wildman–Crippen LogP) is 5.05. The van der Waals surface area contributed by atoms with Gasteiger partial charge >= 0.3 is 0 Å². The smallest absolute Gasteiger partial charge is 0.127 e. The van der Waals surface area contributed by atoms with E-state index in [0.717, 1.165) is 20.6 Å². The third-order valence-electron chi connectivity index (χ3n) is 3.37. The molecule has 0 aliphatic heterocycles. The van der Waals surface area contributed by atoms with Gasteiger partial charge < -0.3 is 5.32 Å². The summed E-state index contributed by atoms with van der Waals surface area (Å²) in [7, 11) is 1.88. The van der Waals surface area contributed by atoms with Crippen LogP contribution in [-0.4, -0.2) is 7.05 Å². The molecule has 0 aliphatic carbocycles. The van der Waals surface area contributed by atoms with Crippen molar-refractivity contribution in [1.82, 2.24) is 5.32 Å². The topological polar surface area (TPSA) is 12.0 Å². The monoisotopic (exact) mass is 355 g/mol. The van der Waals surface area contributed by atoms with Gasteiger partial charge in [-0.2, -0.15) is 0 Å². The number of benzene rings is 2. The summed E-state index contributed by atoms with van der Waals surface area (Å²) < 4.78 is 14.7. The highest BCUT2D eigenvalue weighted by molar-refractivity contribution is 9.10. The number of aryl methyl sites for hydroxylation is 1. The fourth-order valence-electron chi connectivity index (χ4n) is 2.18. The van der Waals surface area contributed by atoms with Crippen LogP contribution in [0.5, 0.6) is 0 Å². The van der Waals surface area contributed by atoms with Crippen LogP contribution in [0.2, 0.25) is 5.02 Å². The Hall–Kier alpha value is -0.900. The summed E-state index contributed by atoms with van der Waals surface area (Å²) in [6.45, 7) is 1.97. The van der Waals surface area contributed by atoms with Crippen molar-refractivity contribution < 1.29 is 4.39 Å². The summed E-state index contributed by atoms with van der Waals surface area (Å²) in [4.78, 5) is 0. The Bertz CT molecular complexity index is 615. The Morgan fingerprint density at radius 3 is 2.60 bits per heavy atom. The molecular formula is C16H16BrClFN. The average Bonchev–Trinajstić information content (AvgIpc) is 2.41. The number of hydrogen-bond donors (Lipinski definition) is 1. The molecule has 1 N–H and O–H groups in total. The predicted molar refractivity (Wildman–Crippen MR) is 85.8 cm³/mol. The van der Waals surface area contributed by atoms with Crippen molar-refractivity contribution in [3.63, 3.8) is 0 Å². The lowest BCUT2D eigenvalue weighted by Gasteiger charge is -2.18. The van der Waals surface area contributed by atoms with E-state index in [1.54, 1.807) is 0 Å². The van der Waals surface area contributed by atoms with E-state index < -0.39 is 0 Å². The standard InChI is InChI=1S/C16H16BrClFN/c1-10-7-12(4-6-14(10)18)16(20-2)8-11-3-5-13(17)9-15(11)19/h3-7,9,16,20H,8H2,1-2H3. The second-order valence-electron chi connectivity index (χ2n) is 4.79. The first-order valence-electron chi connectivity index (χ1n) is 6.38. The Morgan fingerprint density at radius 1 is 1.25 bits per heavy atom. The highest BCUT2D eigenvalue weighted by Gasteiger charge is 2.14. The largest absolute Gasteiger partial charge is 0.313 e. The van der Waals surface area contributed by atoms with Gasteiger partial charge in [0.15, 0.2) is 0 Å². The maximum absolute atomic E-state index is 13.9. The van der Waals surface area contributed by atoms with Gasteiger partial charge in [-0.25, -0.2) is 4.39 Å². The van der Waals surface area contributed by atoms with Gasteiger partial charge in [0.05, 0.1) is 0 Å². The summed E-state index contributed by atoms with van der Waals surface area (Å²) in [5.41, 5.74) is 2.83. The minimum absolute atomic E-state index is 0.0571. The molecule has 0 aliphatic rings. The van der Waals surface area contributed by atoms with Crippen molar-refractivity contribution in [2.24, 2.45) is 0 Å². The average molecular weight is 357 g/mol. The zero-order chi connectivity index (χ0) is 14.7. The van der Waals surface area contributed by atoms with Gasteiger partial charge in [-0.15, -0.1) is 0 Å². The number of hydrogen-bond acceptors (Lipinski definition) is 1. The Morgan fingerprint density at radius 2 is 2.00 bits per heavy atom. The SMILES string of the molecule is CNC(Cc1ccc(Br)cc1F)c1ccc(Cl)c(C)c1. The minimum atomic E-state index is -0.190. The summed E-state index contributed by atoms with van der Waals surface area (Å²) in [5, 5.41) is 3.98. The lowest BCUT2D eigenvalue weighted by molar-refractivity contribution is 0.554. The molecule has 0 amide bonds. The molecule has 0 heterocycles. The van der Waals surface area contributed by atoms with E-state index in [2.05, 4.69) is 21.2 Å². The molecule has 0 aromatic heterocycles. The maximum Gasteiger partial charge on any atom is 0.127 e. The fraction of sp³-hybridized carbons (Fsp3) is 0.250. The van der Waals surface area contributed by atoms with Crippen molar-refractivity contribution in [3.8, 4) is 0 Å². The second-order valence-corrected chi connectivity index (χ2v) is 6.11. The van der Waals surface area contributed by atoms with Crippen molar-refractivity contribution in [1.29, 1.82) is 0 Å². The summed E-state index contributed by atoms with van der Waals surface area (Å²) in [5.74, 6) is -0.190. The van der Waals surface area contributed by atoms with Gasteiger partial charge in [-0.1, -0.05) is 45.7 Å². The third kappa shape index (κ3) is 3.60. The normalized spacial score (nSPS) is 12.4. The van der Waals surface area contributed by atoms with Gasteiger partial charge in [0, 0.05) is 15.5 Å². The molecule has 20 heavy (non-hydrogen) atoms. The highest BCUT2D eigenvalue weighted by atomic mass is 79.9. The highest BCUT2D eigenvalue weighted by Crippen LogP contribution is 2.25. The third-order valence-corrected chi connectivity index (χ3v) is 4.29. The molecule has 0 spiro atoms. The van der Waals surface area contributed by atoms with Crippen LogP contribution in [-0.2, 0) is 6.42 Å². The van der Waals surface area contributed by atoms with Gasteiger partial charge in [0.25, 0.3) is 0 Å². The van der Waals surface area contributed by atoms with Crippen molar-refractivity contribution in [2.45, 2.75) is 19.4 Å².